The van der Waals surface area contributed by atoms with E-state index in [4.69, 9.17) is 5.73 Å². The second kappa shape index (κ2) is 3.74. The van der Waals surface area contributed by atoms with E-state index in [0.717, 1.165) is 24.7 Å². The van der Waals surface area contributed by atoms with Gasteiger partial charge in [0.25, 0.3) is 0 Å². The van der Waals surface area contributed by atoms with Crippen LogP contribution in [0, 0.1) is 17.2 Å². The van der Waals surface area contributed by atoms with Gasteiger partial charge in [0.15, 0.2) is 0 Å². The van der Waals surface area contributed by atoms with Gasteiger partial charge < -0.3 is 10.6 Å². The molecule has 1 saturated carbocycles. The summed E-state index contributed by atoms with van der Waals surface area (Å²) in [5.74, 6) is 0.613. The Bertz CT molecular complexity index is 495. The van der Waals surface area contributed by atoms with Crippen LogP contribution in [0.1, 0.15) is 25.3 Å². The zero-order valence-electron chi connectivity index (χ0n) is 10.7. The molecule has 0 bridgehead atoms. The Morgan fingerprint density at radius 2 is 2.11 bits per heavy atom. The lowest BCUT2D eigenvalue weighted by molar-refractivity contribution is -0.0588. The average Bonchev–Trinajstić information content (AvgIpc) is 2.24. The van der Waals surface area contributed by atoms with E-state index in [9.17, 15) is 4.39 Å². The molecule has 2 N–H and O–H groups in total. The van der Waals surface area contributed by atoms with Gasteiger partial charge in [0, 0.05) is 35.5 Å². The standard InChI is InChI=1S/C15H19FN2/c1-10-6-15(7-10)8-18(9-15)11(2)13-5-12(17)3-4-14(13)16/h3-5,10H,2,6-9,17H2,1H3. The maximum atomic E-state index is 13.7. The van der Waals surface area contributed by atoms with Crippen molar-refractivity contribution in [1.29, 1.82) is 0 Å². The summed E-state index contributed by atoms with van der Waals surface area (Å²) in [6.07, 6.45) is 2.60. The Morgan fingerprint density at radius 3 is 2.72 bits per heavy atom. The van der Waals surface area contributed by atoms with Crippen LogP contribution in [0.4, 0.5) is 10.1 Å². The van der Waals surface area contributed by atoms with Crippen LogP contribution in [0.5, 0.6) is 0 Å². The van der Waals surface area contributed by atoms with E-state index in [2.05, 4.69) is 18.4 Å². The van der Waals surface area contributed by atoms with Gasteiger partial charge in [-0.05, 0) is 37.0 Å². The van der Waals surface area contributed by atoms with E-state index in [1.807, 2.05) is 0 Å². The Labute approximate surface area is 107 Å². The minimum absolute atomic E-state index is 0.239. The van der Waals surface area contributed by atoms with Crippen molar-refractivity contribution in [3.8, 4) is 0 Å². The average molecular weight is 246 g/mol. The van der Waals surface area contributed by atoms with E-state index in [1.165, 1.54) is 18.9 Å². The molecule has 1 heterocycles. The Kier molecular flexibility index (Phi) is 2.40. The quantitative estimate of drug-likeness (QED) is 0.812. The molecule has 3 rings (SSSR count). The van der Waals surface area contributed by atoms with Crippen molar-refractivity contribution in [2.75, 3.05) is 18.8 Å². The molecule has 2 nitrogen and oxygen atoms in total. The third kappa shape index (κ3) is 1.69. The molecule has 3 heteroatoms. The number of nitrogens with two attached hydrogens (primary N) is 1. The van der Waals surface area contributed by atoms with Crippen LogP contribution < -0.4 is 5.73 Å². The van der Waals surface area contributed by atoms with Gasteiger partial charge in [-0.3, -0.25) is 0 Å². The molecule has 0 radical (unpaired) electrons. The zero-order chi connectivity index (χ0) is 12.9. The summed E-state index contributed by atoms with van der Waals surface area (Å²) in [6, 6.07) is 4.67. The van der Waals surface area contributed by atoms with Crippen molar-refractivity contribution in [1.82, 2.24) is 4.90 Å². The molecular formula is C15H19FN2. The lowest BCUT2D eigenvalue weighted by Crippen LogP contribution is -2.60. The lowest BCUT2D eigenvalue weighted by Gasteiger charge is -2.60. The molecule has 2 fully saturated rings. The van der Waals surface area contributed by atoms with Crippen LogP contribution in [0.2, 0.25) is 0 Å². The summed E-state index contributed by atoms with van der Waals surface area (Å²) in [5, 5.41) is 0. The van der Waals surface area contributed by atoms with Crippen molar-refractivity contribution in [2.45, 2.75) is 19.8 Å². The molecular weight excluding hydrogens is 227 g/mol. The molecule has 1 spiro atoms. The monoisotopic (exact) mass is 246 g/mol. The molecule has 1 aliphatic carbocycles. The van der Waals surface area contributed by atoms with Gasteiger partial charge in [0.2, 0.25) is 0 Å². The number of hydrogen-bond donors (Lipinski definition) is 1. The van der Waals surface area contributed by atoms with Crippen LogP contribution >= 0.6 is 0 Å². The van der Waals surface area contributed by atoms with Crippen LogP contribution in [-0.2, 0) is 0 Å². The smallest absolute Gasteiger partial charge is 0.132 e. The molecule has 96 valence electrons. The van der Waals surface area contributed by atoms with Gasteiger partial charge in [0.1, 0.15) is 5.82 Å². The van der Waals surface area contributed by atoms with Gasteiger partial charge >= 0.3 is 0 Å². The van der Waals surface area contributed by atoms with Gasteiger partial charge in [0.05, 0.1) is 0 Å². The van der Waals surface area contributed by atoms with Gasteiger partial charge in [-0.1, -0.05) is 13.5 Å². The normalized spacial score (nSPS) is 21.6. The number of halogens is 1. The maximum absolute atomic E-state index is 13.7. The summed E-state index contributed by atoms with van der Waals surface area (Å²) in [5.41, 5.74) is 8.10. The van der Waals surface area contributed by atoms with Crippen molar-refractivity contribution >= 4 is 11.4 Å². The van der Waals surface area contributed by atoms with Gasteiger partial charge in [-0.2, -0.15) is 0 Å². The van der Waals surface area contributed by atoms with Crippen LogP contribution in [-0.4, -0.2) is 18.0 Å². The van der Waals surface area contributed by atoms with Crippen molar-refractivity contribution < 1.29 is 4.39 Å². The highest BCUT2D eigenvalue weighted by atomic mass is 19.1. The molecule has 0 atom stereocenters. The first-order valence-electron chi connectivity index (χ1n) is 6.48. The first-order valence-corrected chi connectivity index (χ1v) is 6.48. The van der Waals surface area contributed by atoms with Gasteiger partial charge in [-0.25, -0.2) is 4.39 Å². The van der Waals surface area contributed by atoms with E-state index < -0.39 is 0 Å². The number of nitrogen functional groups attached to an aromatic ring is 1. The molecule has 1 aromatic rings. The van der Waals surface area contributed by atoms with E-state index in [0.29, 0.717) is 16.7 Å². The number of rotatable bonds is 2. The summed E-state index contributed by atoms with van der Waals surface area (Å²) >= 11 is 0. The minimum Gasteiger partial charge on any atom is -0.399 e. The molecule has 0 aromatic heterocycles. The van der Waals surface area contributed by atoms with Crippen LogP contribution in [0.15, 0.2) is 24.8 Å². The van der Waals surface area contributed by atoms with Crippen LogP contribution in [0.25, 0.3) is 5.70 Å². The highest BCUT2D eigenvalue weighted by molar-refractivity contribution is 5.66. The largest absolute Gasteiger partial charge is 0.399 e. The second-order valence-corrected chi connectivity index (χ2v) is 6.06. The third-order valence-corrected chi connectivity index (χ3v) is 4.30. The summed E-state index contributed by atoms with van der Waals surface area (Å²) in [7, 11) is 0. The topological polar surface area (TPSA) is 29.3 Å². The van der Waals surface area contributed by atoms with Gasteiger partial charge in [-0.15, -0.1) is 0 Å². The number of hydrogen-bond acceptors (Lipinski definition) is 2. The fraction of sp³-hybridized carbons (Fsp3) is 0.467. The minimum atomic E-state index is -0.239. The summed E-state index contributed by atoms with van der Waals surface area (Å²) < 4.78 is 13.7. The fourth-order valence-electron chi connectivity index (χ4n) is 3.57. The van der Waals surface area contributed by atoms with E-state index in [1.54, 1.807) is 12.1 Å². The van der Waals surface area contributed by atoms with Crippen molar-refractivity contribution in [2.24, 2.45) is 11.3 Å². The second-order valence-electron chi connectivity index (χ2n) is 6.06. The zero-order valence-corrected chi connectivity index (χ0v) is 10.7. The highest BCUT2D eigenvalue weighted by Gasteiger charge is 2.51. The SMILES string of the molecule is C=C(c1cc(N)ccc1F)N1CC2(CC(C)C2)C1. The fourth-order valence-corrected chi connectivity index (χ4v) is 3.57. The highest BCUT2D eigenvalue weighted by Crippen LogP contribution is 2.53. The number of nitrogens with zero attached hydrogens (tertiary/aromatic N) is 1. The van der Waals surface area contributed by atoms with Crippen molar-refractivity contribution in [3.05, 3.63) is 36.2 Å². The predicted octanol–water partition coefficient (Wildman–Crippen LogP) is 3.11. The molecule has 0 amide bonds. The Hall–Kier alpha value is -1.51. The Morgan fingerprint density at radius 1 is 1.44 bits per heavy atom. The van der Waals surface area contributed by atoms with Crippen molar-refractivity contribution in [3.63, 3.8) is 0 Å². The molecule has 2 aliphatic rings. The first-order chi connectivity index (χ1) is 8.49. The number of likely N-dealkylation sites (tertiary alicyclic amines) is 1. The predicted molar refractivity (Wildman–Crippen MR) is 72.3 cm³/mol. The molecule has 1 aliphatic heterocycles. The first kappa shape index (κ1) is 11.6. The molecule has 0 unspecified atom stereocenters. The van der Waals surface area contributed by atoms with Crippen LogP contribution in [0.3, 0.4) is 0 Å². The lowest BCUT2D eigenvalue weighted by atomic mass is 9.58. The summed E-state index contributed by atoms with van der Waals surface area (Å²) in [6.45, 7) is 8.35. The van der Waals surface area contributed by atoms with E-state index >= 15 is 0 Å². The number of anilines is 1. The molecule has 18 heavy (non-hydrogen) atoms. The number of benzene rings is 1. The maximum Gasteiger partial charge on any atom is 0.132 e. The molecule has 1 aromatic carbocycles. The summed E-state index contributed by atoms with van der Waals surface area (Å²) in [4.78, 5) is 2.17. The molecule has 1 saturated heterocycles. The Balaban J connectivity index is 1.71. The van der Waals surface area contributed by atoms with E-state index in [-0.39, 0.29) is 5.82 Å². The third-order valence-electron chi connectivity index (χ3n) is 4.30.